The number of aromatic nitrogens is 1. The second-order valence-electron chi connectivity index (χ2n) is 6.66. The third-order valence-corrected chi connectivity index (χ3v) is 5.14. The summed E-state index contributed by atoms with van der Waals surface area (Å²) in [5, 5.41) is 9.47. The summed E-state index contributed by atoms with van der Waals surface area (Å²) in [5.41, 5.74) is 2.36. The molecule has 0 aliphatic heterocycles. The van der Waals surface area contributed by atoms with Crippen LogP contribution in [0.2, 0.25) is 0 Å². The Balaban J connectivity index is 1.43. The monoisotopic (exact) mass is 373 g/mol. The molecular weight excluding hydrogens is 350 g/mol. The van der Waals surface area contributed by atoms with Gasteiger partial charge in [-0.2, -0.15) is 0 Å². The quantitative estimate of drug-likeness (QED) is 0.742. The number of rotatable bonds is 8. The number of hydrogen-bond donors (Lipinski definition) is 2. The van der Waals surface area contributed by atoms with Crippen LogP contribution in [-0.2, 0) is 9.59 Å². The van der Waals surface area contributed by atoms with Crippen LogP contribution in [0.4, 0.5) is 5.82 Å². The standard InChI is InChI=1S/C19H23N3O3S/c1-12-3-5-14(6-4-12)19(15-7-8-15)21-18(24)11-26-10-17(23)20-16-9-13(2)25-22-16/h3-6,9,15,19H,7-8,10-11H2,1-2H3,(H,21,24)(H,20,22,23). The molecule has 1 aromatic carbocycles. The van der Waals surface area contributed by atoms with Crippen LogP contribution in [0, 0.1) is 19.8 Å². The van der Waals surface area contributed by atoms with Crippen molar-refractivity contribution in [2.24, 2.45) is 5.92 Å². The van der Waals surface area contributed by atoms with Gasteiger partial charge in [0.05, 0.1) is 17.5 Å². The first kappa shape index (κ1) is 18.5. The Hall–Kier alpha value is -2.28. The van der Waals surface area contributed by atoms with Gasteiger partial charge in [-0.15, -0.1) is 11.8 Å². The van der Waals surface area contributed by atoms with E-state index in [1.54, 1.807) is 13.0 Å². The lowest BCUT2D eigenvalue weighted by Crippen LogP contribution is -2.31. The van der Waals surface area contributed by atoms with Crippen LogP contribution < -0.4 is 10.6 Å². The lowest BCUT2D eigenvalue weighted by Gasteiger charge is -2.19. The number of aryl methyl sites for hydroxylation is 2. The molecule has 7 heteroatoms. The van der Waals surface area contributed by atoms with E-state index < -0.39 is 0 Å². The SMILES string of the molecule is Cc1ccc(C(NC(=O)CSCC(=O)Nc2cc(C)on2)C2CC2)cc1. The molecule has 2 amide bonds. The molecule has 138 valence electrons. The van der Waals surface area contributed by atoms with Gasteiger partial charge < -0.3 is 15.2 Å². The maximum atomic E-state index is 12.3. The van der Waals surface area contributed by atoms with Crippen molar-refractivity contribution >= 4 is 29.4 Å². The first-order valence-electron chi connectivity index (χ1n) is 8.68. The highest BCUT2D eigenvalue weighted by molar-refractivity contribution is 8.00. The lowest BCUT2D eigenvalue weighted by molar-refractivity contribution is -0.119. The molecule has 3 rings (SSSR count). The molecule has 1 aromatic heterocycles. The third kappa shape index (κ3) is 5.36. The van der Waals surface area contributed by atoms with Gasteiger partial charge in [0, 0.05) is 6.07 Å². The maximum absolute atomic E-state index is 12.3. The van der Waals surface area contributed by atoms with Crippen molar-refractivity contribution < 1.29 is 14.1 Å². The summed E-state index contributed by atoms with van der Waals surface area (Å²) >= 11 is 1.28. The van der Waals surface area contributed by atoms with E-state index >= 15 is 0 Å². The Morgan fingerprint density at radius 3 is 2.50 bits per heavy atom. The van der Waals surface area contributed by atoms with E-state index in [-0.39, 0.29) is 29.4 Å². The molecule has 2 N–H and O–H groups in total. The molecule has 1 atom stereocenters. The number of hydrogen-bond acceptors (Lipinski definition) is 5. The average molecular weight is 373 g/mol. The molecule has 1 fully saturated rings. The number of carbonyl (C=O) groups excluding carboxylic acids is 2. The zero-order chi connectivity index (χ0) is 18.5. The van der Waals surface area contributed by atoms with Gasteiger partial charge in [-0.3, -0.25) is 9.59 Å². The zero-order valence-corrected chi connectivity index (χ0v) is 15.8. The maximum Gasteiger partial charge on any atom is 0.235 e. The summed E-state index contributed by atoms with van der Waals surface area (Å²) in [6.45, 7) is 3.81. The topological polar surface area (TPSA) is 84.2 Å². The minimum Gasteiger partial charge on any atom is -0.360 e. The fourth-order valence-corrected chi connectivity index (χ4v) is 3.36. The average Bonchev–Trinajstić information content (AvgIpc) is 3.36. The first-order chi connectivity index (χ1) is 12.5. The number of nitrogens with zero attached hydrogens (tertiary/aromatic N) is 1. The first-order valence-corrected chi connectivity index (χ1v) is 9.83. The molecule has 1 unspecified atom stereocenters. The van der Waals surface area contributed by atoms with E-state index in [0.29, 0.717) is 17.5 Å². The van der Waals surface area contributed by atoms with Gasteiger partial charge in [0.1, 0.15) is 5.76 Å². The Morgan fingerprint density at radius 2 is 1.88 bits per heavy atom. The molecular formula is C19H23N3O3S. The van der Waals surface area contributed by atoms with Crippen molar-refractivity contribution in [1.29, 1.82) is 0 Å². The van der Waals surface area contributed by atoms with Gasteiger partial charge >= 0.3 is 0 Å². The molecule has 2 aromatic rings. The predicted octanol–water partition coefficient (Wildman–Crippen LogP) is 3.23. The van der Waals surface area contributed by atoms with Gasteiger partial charge in [-0.25, -0.2) is 0 Å². The molecule has 26 heavy (non-hydrogen) atoms. The molecule has 1 heterocycles. The molecule has 1 saturated carbocycles. The van der Waals surface area contributed by atoms with Crippen LogP contribution in [0.25, 0.3) is 0 Å². The van der Waals surface area contributed by atoms with Crippen molar-refractivity contribution in [3.8, 4) is 0 Å². The zero-order valence-electron chi connectivity index (χ0n) is 15.0. The van der Waals surface area contributed by atoms with Crippen molar-refractivity contribution in [3.63, 3.8) is 0 Å². The molecule has 1 aliphatic carbocycles. The summed E-state index contributed by atoms with van der Waals surface area (Å²) < 4.78 is 4.89. The highest BCUT2D eigenvalue weighted by atomic mass is 32.2. The molecule has 0 bridgehead atoms. The van der Waals surface area contributed by atoms with Gasteiger partial charge in [0.2, 0.25) is 11.8 Å². The number of nitrogens with one attached hydrogen (secondary N) is 2. The number of benzene rings is 1. The van der Waals surface area contributed by atoms with Crippen LogP contribution in [0.15, 0.2) is 34.9 Å². The van der Waals surface area contributed by atoms with Gasteiger partial charge in [-0.05, 0) is 38.2 Å². The van der Waals surface area contributed by atoms with Crippen LogP contribution in [0.1, 0.15) is 35.8 Å². The van der Waals surface area contributed by atoms with Crippen LogP contribution in [-0.4, -0.2) is 28.5 Å². The van der Waals surface area contributed by atoms with E-state index in [4.69, 9.17) is 4.52 Å². The molecule has 0 saturated heterocycles. The van der Waals surface area contributed by atoms with Crippen molar-refractivity contribution in [3.05, 3.63) is 47.2 Å². The number of amides is 2. The highest BCUT2D eigenvalue weighted by Crippen LogP contribution is 2.41. The minimum absolute atomic E-state index is 0.0439. The second-order valence-corrected chi connectivity index (χ2v) is 7.64. The van der Waals surface area contributed by atoms with E-state index in [9.17, 15) is 9.59 Å². The summed E-state index contributed by atoms with van der Waals surface area (Å²) in [6.07, 6.45) is 2.29. The van der Waals surface area contributed by atoms with E-state index in [2.05, 4.69) is 47.0 Å². The highest BCUT2D eigenvalue weighted by Gasteiger charge is 2.33. The third-order valence-electron chi connectivity index (χ3n) is 4.21. The van der Waals surface area contributed by atoms with Crippen molar-refractivity contribution in [2.45, 2.75) is 32.7 Å². The Kier molecular flexibility index (Phi) is 5.98. The number of thioether (sulfide) groups is 1. The summed E-state index contributed by atoms with van der Waals surface area (Å²) in [6, 6.07) is 10.0. The van der Waals surface area contributed by atoms with E-state index in [1.165, 1.54) is 17.3 Å². The van der Waals surface area contributed by atoms with E-state index in [1.807, 2.05) is 0 Å². The van der Waals surface area contributed by atoms with E-state index in [0.717, 1.165) is 18.4 Å². The fraction of sp³-hybridized carbons (Fsp3) is 0.421. The van der Waals surface area contributed by atoms with Crippen LogP contribution >= 0.6 is 11.8 Å². The largest absolute Gasteiger partial charge is 0.360 e. The summed E-state index contributed by atoms with van der Waals surface area (Å²) in [7, 11) is 0. The smallest absolute Gasteiger partial charge is 0.235 e. The summed E-state index contributed by atoms with van der Waals surface area (Å²) in [5.74, 6) is 1.75. The molecule has 6 nitrogen and oxygen atoms in total. The Bertz CT molecular complexity index is 769. The van der Waals surface area contributed by atoms with Crippen LogP contribution in [0.5, 0.6) is 0 Å². The number of carbonyl (C=O) groups is 2. The molecule has 0 radical (unpaired) electrons. The Morgan fingerprint density at radius 1 is 1.19 bits per heavy atom. The molecule has 1 aliphatic rings. The lowest BCUT2D eigenvalue weighted by atomic mass is 10.0. The van der Waals surface area contributed by atoms with Crippen molar-refractivity contribution in [2.75, 3.05) is 16.8 Å². The second kappa shape index (κ2) is 8.40. The van der Waals surface area contributed by atoms with Gasteiger partial charge in [-0.1, -0.05) is 35.0 Å². The summed E-state index contributed by atoms with van der Waals surface area (Å²) in [4.78, 5) is 24.1. The molecule has 0 spiro atoms. The normalized spacial score (nSPS) is 14.7. The van der Waals surface area contributed by atoms with Gasteiger partial charge in [0.25, 0.3) is 0 Å². The predicted molar refractivity (Wildman–Crippen MR) is 102 cm³/mol. The van der Waals surface area contributed by atoms with Crippen LogP contribution in [0.3, 0.4) is 0 Å². The minimum atomic E-state index is -0.201. The Labute approximate surface area is 157 Å². The van der Waals surface area contributed by atoms with Gasteiger partial charge in [0.15, 0.2) is 5.82 Å². The van der Waals surface area contributed by atoms with Crippen molar-refractivity contribution in [1.82, 2.24) is 10.5 Å². The number of anilines is 1. The fourth-order valence-electron chi connectivity index (χ4n) is 2.73.